The molecule has 1 heterocycles. The average molecular weight is 331 g/mol. The van der Waals surface area contributed by atoms with Gasteiger partial charge in [-0.3, -0.25) is 4.79 Å². The number of piperidine rings is 1. The van der Waals surface area contributed by atoms with E-state index >= 15 is 0 Å². The second kappa shape index (κ2) is 9.48. The average Bonchev–Trinajstić information content (AvgIpc) is 2.61. The molecule has 0 unspecified atom stereocenters. The fourth-order valence-electron chi connectivity index (χ4n) is 2.85. The van der Waals surface area contributed by atoms with Gasteiger partial charge in [0.15, 0.2) is 6.61 Å². The van der Waals surface area contributed by atoms with E-state index in [4.69, 9.17) is 9.47 Å². The lowest BCUT2D eigenvalue weighted by molar-refractivity contribution is -0.135. The van der Waals surface area contributed by atoms with Gasteiger partial charge in [-0.1, -0.05) is 32.1 Å². The summed E-state index contributed by atoms with van der Waals surface area (Å²) in [5.74, 6) is 1.85. The summed E-state index contributed by atoms with van der Waals surface area (Å²) in [5.41, 5.74) is 1.27. The van der Waals surface area contributed by atoms with E-state index in [-0.39, 0.29) is 12.5 Å². The Bertz CT molecular complexity index is 516. The van der Waals surface area contributed by atoms with Gasteiger partial charge < -0.3 is 14.4 Å². The summed E-state index contributed by atoms with van der Waals surface area (Å²) in [6.07, 6.45) is 3.75. The minimum absolute atomic E-state index is 0.0633. The predicted molar refractivity (Wildman–Crippen MR) is 96.3 cm³/mol. The maximum Gasteiger partial charge on any atom is 0.260 e. The third kappa shape index (κ3) is 5.68. The first-order chi connectivity index (χ1) is 11.6. The zero-order chi connectivity index (χ0) is 17.4. The SMILES string of the molecule is C=CCOCC1CCN(C(=O)COc2ccc(C(C)C)cc2)CC1. The second-order valence-electron chi connectivity index (χ2n) is 6.66. The smallest absolute Gasteiger partial charge is 0.260 e. The van der Waals surface area contributed by atoms with Crippen LogP contribution in [-0.4, -0.2) is 43.7 Å². The van der Waals surface area contributed by atoms with Crippen molar-refractivity contribution >= 4 is 5.91 Å². The molecule has 1 aromatic carbocycles. The van der Waals surface area contributed by atoms with Crippen LogP contribution in [0.3, 0.4) is 0 Å². The molecule has 2 rings (SSSR count). The van der Waals surface area contributed by atoms with E-state index in [1.165, 1.54) is 5.56 Å². The molecule has 1 amide bonds. The van der Waals surface area contributed by atoms with Gasteiger partial charge in [0.05, 0.1) is 6.61 Å². The van der Waals surface area contributed by atoms with Gasteiger partial charge in [-0.15, -0.1) is 6.58 Å². The molecule has 0 aliphatic carbocycles. The van der Waals surface area contributed by atoms with Gasteiger partial charge in [-0.25, -0.2) is 0 Å². The Morgan fingerprint density at radius 2 is 1.96 bits per heavy atom. The minimum atomic E-state index is 0.0633. The van der Waals surface area contributed by atoms with Gasteiger partial charge in [0.1, 0.15) is 5.75 Å². The number of benzene rings is 1. The first-order valence-corrected chi connectivity index (χ1v) is 8.79. The van der Waals surface area contributed by atoms with E-state index in [2.05, 4.69) is 32.6 Å². The Labute approximate surface area is 145 Å². The van der Waals surface area contributed by atoms with Gasteiger partial charge in [0.2, 0.25) is 0 Å². The quantitative estimate of drug-likeness (QED) is 0.539. The number of nitrogens with zero attached hydrogens (tertiary/aromatic N) is 1. The molecule has 1 saturated heterocycles. The van der Waals surface area contributed by atoms with Crippen molar-refractivity contribution in [1.82, 2.24) is 4.90 Å². The van der Waals surface area contributed by atoms with Crippen molar-refractivity contribution in [1.29, 1.82) is 0 Å². The topological polar surface area (TPSA) is 38.8 Å². The number of amides is 1. The van der Waals surface area contributed by atoms with Crippen LogP contribution in [0.5, 0.6) is 5.75 Å². The summed E-state index contributed by atoms with van der Waals surface area (Å²) in [6, 6.07) is 7.98. The summed E-state index contributed by atoms with van der Waals surface area (Å²) in [5, 5.41) is 0. The van der Waals surface area contributed by atoms with E-state index in [9.17, 15) is 4.79 Å². The van der Waals surface area contributed by atoms with Crippen LogP contribution in [0.1, 0.15) is 38.2 Å². The number of rotatable bonds is 8. The molecule has 1 aliphatic rings. The predicted octanol–water partition coefficient (Wildman–Crippen LogP) is 3.63. The van der Waals surface area contributed by atoms with Crippen molar-refractivity contribution in [3.8, 4) is 5.75 Å². The summed E-state index contributed by atoms with van der Waals surface area (Å²) in [7, 11) is 0. The highest BCUT2D eigenvalue weighted by Gasteiger charge is 2.23. The van der Waals surface area contributed by atoms with E-state index in [1.54, 1.807) is 6.08 Å². The number of ether oxygens (including phenoxy) is 2. The lowest BCUT2D eigenvalue weighted by atomic mass is 9.98. The Kier molecular flexibility index (Phi) is 7.32. The zero-order valence-electron chi connectivity index (χ0n) is 14.9. The van der Waals surface area contributed by atoms with Crippen LogP contribution in [0, 0.1) is 5.92 Å². The lowest BCUT2D eigenvalue weighted by Gasteiger charge is -2.31. The number of hydrogen-bond acceptors (Lipinski definition) is 3. The highest BCUT2D eigenvalue weighted by molar-refractivity contribution is 5.77. The molecule has 0 spiro atoms. The molecular weight excluding hydrogens is 302 g/mol. The summed E-state index contributed by atoms with van der Waals surface area (Å²) in [6.45, 7) is 11.0. The number of hydrogen-bond donors (Lipinski definition) is 0. The normalized spacial score (nSPS) is 15.5. The van der Waals surface area contributed by atoms with Crippen LogP contribution in [-0.2, 0) is 9.53 Å². The maximum atomic E-state index is 12.3. The van der Waals surface area contributed by atoms with Crippen molar-refractivity contribution in [2.45, 2.75) is 32.6 Å². The number of carbonyl (C=O) groups excluding carboxylic acids is 1. The summed E-state index contributed by atoms with van der Waals surface area (Å²) < 4.78 is 11.1. The van der Waals surface area contributed by atoms with E-state index < -0.39 is 0 Å². The fourth-order valence-corrected chi connectivity index (χ4v) is 2.85. The molecule has 1 aliphatic heterocycles. The maximum absolute atomic E-state index is 12.3. The van der Waals surface area contributed by atoms with Crippen molar-refractivity contribution in [2.75, 3.05) is 32.9 Å². The van der Waals surface area contributed by atoms with Crippen molar-refractivity contribution in [3.63, 3.8) is 0 Å². The molecule has 24 heavy (non-hydrogen) atoms. The van der Waals surface area contributed by atoms with Gasteiger partial charge >= 0.3 is 0 Å². The molecule has 0 N–H and O–H groups in total. The van der Waals surface area contributed by atoms with Gasteiger partial charge in [-0.05, 0) is 42.4 Å². The largest absolute Gasteiger partial charge is 0.484 e. The molecule has 0 saturated carbocycles. The Hall–Kier alpha value is -1.81. The molecular formula is C20H29NO3. The number of likely N-dealkylation sites (tertiary alicyclic amines) is 1. The van der Waals surface area contributed by atoms with E-state index in [0.29, 0.717) is 18.4 Å². The third-order valence-corrected chi connectivity index (χ3v) is 4.47. The molecule has 0 aromatic heterocycles. The standard InChI is InChI=1S/C20H29NO3/c1-4-13-23-14-17-9-11-21(12-10-17)20(22)15-24-19-7-5-18(6-8-19)16(2)3/h4-8,16-17H,1,9-15H2,2-3H3. The van der Waals surface area contributed by atoms with Crippen LogP contribution in [0.15, 0.2) is 36.9 Å². The van der Waals surface area contributed by atoms with Crippen LogP contribution in [0.2, 0.25) is 0 Å². The second-order valence-corrected chi connectivity index (χ2v) is 6.66. The molecule has 1 fully saturated rings. The molecule has 4 heteroatoms. The van der Waals surface area contributed by atoms with Crippen LogP contribution < -0.4 is 4.74 Å². The van der Waals surface area contributed by atoms with Crippen molar-refractivity contribution in [3.05, 3.63) is 42.5 Å². The summed E-state index contributed by atoms with van der Waals surface area (Å²) >= 11 is 0. The monoisotopic (exact) mass is 331 g/mol. The molecule has 0 atom stereocenters. The number of carbonyl (C=O) groups is 1. The Balaban J connectivity index is 1.70. The van der Waals surface area contributed by atoms with Gasteiger partial charge in [0.25, 0.3) is 5.91 Å². The molecule has 132 valence electrons. The first-order valence-electron chi connectivity index (χ1n) is 8.79. The highest BCUT2D eigenvalue weighted by atomic mass is 16.5. The fraction of sp³-hybridized carbons (Fsp3) is 0.550. The Morgan fingerprint density at radius 3 is 2.54 bits per heavy atom. The molecule has 4 nitrogen and oxygen atoms in total. The Morgan fingerprint density at radius 1 is 1.29 bits per heavy atom. The van der Waals surface area contributed by atoms with Crippen molar-refractivity contribution in [2.24, 2.45) is 5.92 Å². The minimum Gasteiger partial charge on any atom is -0.484 e. The molecule has 0 radical (unpaired) electrons. The summed E-state index contributed by atoms with van der Waals surface area (Å²) in [4.78, 5) is 14.2. The third-order valence-electron chi connectivity index (χ3n) is 4.47. The van der Waals surface area contributed by atoms with Crippen LogP contribution in [0.4, 0.5) is 0 Å². The zero-order valence-corrected chi connectivity index (χ0v) is 14.9. The van der Waals surface area contributed by atoms with Gasteiger partial charge in [-0.2, -0.15) is 0 Å². The lowest BCUT2D eigenvalue weighted by Crippen LogP contribution is -2.41. The van der Waals surface area contributed by atoms with E-state index in [0.717, 1.165) is 38.3 Å². The first kappa shape index (κ1) is 18.5. The molecule has 1 aromatic rings. The van der Waals surface area contributed by atoms with Gasteiger partial charge in [0, 0.05) is 19.7 Å². The van der Waals surface area contributed by atoms with E-state index in [1.807, 2.05) is 17.0 Å². The van der Waals surface area contributed by atoms with Crippen molar-refractivity contribution < 1.29 is 14.3 Å². The van der Waals surface area contributed by atoms with Crippen LogP contribution >= 0.6 is 0 Å². The molecule has 0 bridgehead atoms. The highest BCUT2D eigenvalue weighted by Crippen LogP contribution is 2.20. The van der Waals surface area contributed by atoms with Crippen LogP contribution in [0.25, 0.3) is 0 Å².